The van der Waals surface area contributed by atoms with Crippen LogP contribution >= 0.6 is 10.7 Å². The molecular weight excluding hydrogens is 248 g/mol. The number of rotatable bonds is 1. The lowest BCUT2D eigenvalue weighted by Gasteiger charge is -2.27. The van der Waals surface area contributed by atoms with E-state index in [1.165, 1.54) is 12.1 Å². The minimum Gasteiger partial charge on any atom is -0.483 e. The van der Waals surface area contributed by atoms with Crippen molar-refractivity contribution in [2.75, 3.05) is 0 Å². The molecule has 1 aromatic carbocycles. The quantitative estimate of drug-likeness (QED) is 0.728. The Bertz CT molecular complexity index is 559. The largest absolute Gasteiger partial charge is 0.483 e. The van der Waals surface area contributed by atoms with Crippen LogP contribution in [0, 0.1) is 0 Å². The first-order valence-electron chi connectivity index (χ1n) is 4.75. The number of benzene rings is 1. The van der Waals surface area contributed by atoms with Crippen LogP contribution in [-0.4, -0.2) is 14.0 Å². The Morgan fingerprint density at radius 3 is 2.62 bits per heavy atom. The standard InChI is InChI=1S/C11H11ClO3S/c1-11(2)6-5-8-7-9(16(12,13)14)3-4-10(8)15-11/h3-7H,1-2H3. The molecule has 1 aromatic rings. The molecule has 0 saturated heterocycles. The molecule has 0 N–H and O–H groups in total. The fourth-order valence-electron chi connectivity index (χ4n) is 1.51. The molecule has 1 aliphatic rings. The maximum atomic E-state index is 11.1. The van der Waals surface area contributed by atoms with E-state index in [1.54, 1.807) is 6.07 Å². The summed E-state index contributed by atoms with van der Waals surface area (Å²) in [5, 5.41) is 0. The van der Waals surface area contributed by atoms with Crippen LogP contribution in [0.25, 0.3) is 6.08 Å². The van der Waals surface area contributed by atoms with Crippen LogP contribution in [0.5, 0.6) is 5.75 Å². The summed E-state index contributed by atoms with van der Waals surface area (Å²) >= 11 is 0. The Balaban J connectivity index is 2.51. The van der Waals surface area contributed by atoms with E-state index in [9.17, 15) is 8.42 Å². The Morgan fingerprint density at radius 2 is 2.00 bits per heavy atom. The predicted molar refractivity (Wildman–Crippen MR) is 63.2 cm³/mol. The molecule has 0 amide bonds. The predicted octanol–water partition coefficient (Wildman–Crippen LogP) is 2.80. The molecule has 2 rings (SSSR count). The fourth-order valence-corrected chi connectivity index (χ4v) is 2.30. The van der Waals surface area contributed by atoms with Crippen molar-refractivity contribution in [3.05, 3.63) is 29.8 Å². The van der Waals surface area contributed by atoms with Gasteiger partial charge in [0.1, 0.15) is 11.4 Å². The maximum Gasteiger partial charge on any atom is 0.261 e. The SMILES string of the molecule is CC1(C)C=Cc2cc(S(=O)(=O)Cl)ccc2O1. The zero-order valence-corrected chi connectivity index (χ0v) is 10.5. The summed E-state index contributed by atoms with van der Waals surface area (Å²) in [6.45, 7) is 3.86. The first-order chi connectivity index (χ1) is 7.28. The van der Waals surface area contributed by atoms with Gasteiger partial charge in [-0.25, -0.2) is 8.42 Å². The number of halogens is 1. The van der Waals surface area contributed by atoms with E-state index in [-0.39, 0.29) is 10.5 Å². The molecule has 0 atom stereocenters. The third-order valence-electron chi connectivity index (χ3n) is 2.30. The molecule has 0 bridgehead atoms. The van der Waals surface area contributed by atoms with E-state index in [0.717, 1.165) is 5.56 Å². The zero-order chi connectivity index (χ0) is 12.0. The van der Waals surface area contributed by atoms with Gasteiger partial charge in [-0.2, -0.15) is 0 Å². The molecule has 3 nitrogen and oxygen atoms in total. The van der Waals surface area contributed by atoms with Gasteiger partial charge in [-0.05, 0) is 38.1 Å². The maximum absolute atomic E-state index is 11.1. The minimum atomic E-state index is -3.68. The summed E-state index contributed by atoms with van der Waals surface area (Å²) < 4.78 is 28.0. The molecule has 0 unspecified atom stereocenters. The van der Waals surface area contributed by atoms with Crippen LogP contribution < -0.4 is 4.74 Å². The first kappa shape index (κ1) is 11.5. The van der Waals surface area contributed by atoms with Gasteiger partial charge in [0, 0.05) is 16.2 Å². The highest BCUT2D eigenvalue weighted by Crippen LogP contribution is 2.32. The summed E-state index contributed by atoms with van der Waals surface area (Å²) in [5.74, 6) is 0.663. The van der Waals surface area contributed by atoms with Gasteiger partial charge < -0.3 is 4.74 Å². The van der Waals surface area contributed by atoms with Gasteiger partial charge >= 0.3 is 0 Å². The number of ether oxygens (including phenoxy) is 1. The summed E-state index contributed by atoms with van der Waals surface area (Å²) in [4.78, 5) is 0.0841. The molecule has 0 aliphatic carbocycles. The highest BCUT2D eigenvalue weighted by Gasteiger charge is 2.22. The molecule has 0 radical (unpaired) electrons. The molecule has 16 heavy (non-hydrogen) atoms. The molecule has 1 heterocycles. The highest BCUT2D eigenvalue weighted by molar-refractivity contribution is 8.13. The lowest BCUT2D eigenvalue weighted by molar-refractivity contribution is 0.159. The molecule has 5 heteroatoms. The van der Waals surface area contributed by atoms with Crippen LogP contribution in [0.4, 0.5) is 0 Å². The zero-order valence-electron chi connectivity index (χ0n) is 8.90. The van der Waals surface area contributed by atoms with Gasteiger partial charge in [-0.15, -0.1) is 0 Å². The molecule has 0 saturated carbocycles. The Labute approximate surface area is 99.1 Å². The van der Waals surface area contributed by atoms with Gasteiger partial charge in [0.25, 0.3) is 9.05 Å². The second-order valence-electron chi connectivity index (χ2n) is 4.18. The monoisotopic (exact) mass is 258 g/mol. The van der Waals surface area contributed by atoms with E-state index in [1.807, 2.05) is 26.0 Å². The summed E-state index contributed by atoms with van der Waals surface area (Å²) in [6.07, 6.45) is 3.71. The normalized spacial score (nSPS) is 17.7. The molecule has 0 aromatic heterocycles. The highest BCUT2D eigenvalue weighted by atomic mass is 35.7. The van der Waals surface area contributed by atoms with Crippen molar-refractivity contribution in [1.82, 2.24) is 0 Å². The average molecular weight is 259 g/mol. The van der Waals surface area contributed by atoms with Crippen molar-refractivity contribution >= 4 is 25.8 Å². The third kappa shape index (κ3) is 2.23. The summed E-state index contributed by atoms with van der Waals surface area (Å²) in [7, 11) is 1.58. The van der Waals surface area contributed by atoms with Crippen LogP contribution in [0.1, 0.15) is 19.4 Å². The van der Waals surface area contributed by atoms with Gasteiger partial charge in [0.2, 0.25) is 0 Å². The van der Waals surface area contributed by atoms with Crippen molar-refractivity contribution in [2.24, 2.45) is 0 Å². The lowest BCUT2D eigenvalue weighted by Crippen LogP contribution is -2.27. The van der Waals surface area contributed by atoms with Gasteiger partial charge in [-0.1, -0.05) is 6.08 Å². The topological polar surface area (TPSA) is 43.4 Å². The van der Waals surface area contributed by atoms with E-state index < -0.39 is 9.05 Å². The number of hydrogen-bond acceptors (Lipinski definition) is 3. The summed E-state index contributed by atoms with van der Waals surface area (Å²) in [5.41, 5.74) is 0.356. The molecule has 0 fully saturated rings. The van der Waals surface area contributed by atoms with Crippen molar-refractivity contribution in [3.8, 4) is 5.75 Å². The average Bonchev–Trinajstić information content (AvgIpc) is 2.14. The summed E-state index contributed by atoms with van der Waals surface area (Å²) in [6, 6.07) is 4.57. The van der Waals surface area contributed by atoms with Gasteiger partial charge in [0.15, 0.2) is 0 Å². The second kappa shape index (κ2) is 3.50. The smallest absolute Gasteiger partial charge is 0.261 e. The third-order valence-corrected chi connectivity index (χ3v) is 3.65. The molecule has 0 spiro atoms. The molecule has 1 aliphatic heterocycles. The van der Waals surface area contributed by atoms with E-state index in [4.69, 9.17) is 15.4 Å². The number of hydrogen-bond donors (Lipinski definition) is 0. The van der Waals surface area contributed by atoms with Gasteiger partial charge in [0.05, 0.1) is 4.90 Å². The van der Waals surface area contributed by atoms with Crippen molar-refractivity contribution < 1.29 is 13.2 Å². The van der Waals surface area contributed by atoms with E-state index >= 15 is 0 Å². The van der Waals surface area contributed by atoms with Crippen LogP contribution in [0.3, 0.4) is 0 Å². The number of fused-ring (bicyclic) bond motifs is 1. The minimum absolute atomic E-state index is 0.0841. The Hall–Kier alpha value is -1.00. The van der Waals surface area contributed by atoms with Crippen molar-refractivity contribution in [1.29, 1.82) is 0 Å². The molecular formula is C11H11ClO3S. The van der Waals surface area contributed by atoms with Crippen molar-refractivity contribution in [2.45, 2.75) is 24.3 Å². The van der Waals surface area contributed by atoms with E-state index in [2.05, 4.69) is 0 Å². The van der Waals surface area contributed by atoms with Gasteiger partial charge in [-0.3, -0.25) is 0 Å². The Morgan fingerprint density at radius 1 is 1.31 bits per heavy atom. The lowest BCUT2D eigenvalue weighted by atomic mass is 10.0. The Kier molecular flexibility index (Phi) is 2.51. The van der Waals surface area contributed by atoms with E-state index in [0.29, 0.717) is 5.75 Å². The van der Waals surface area contributed by atoms with Crippen molar-refractivity contribution in [3.63, 3.8) is 0 Å². The van der Waals surface area contributed by atoms with Crippen LogP contribution in [0.15, 0.2) is 29.2 Å². The van der Waals surface area contributed by atoms with Crippen LogP contribution in [-0.2, 0) is 9.05 Å². The molecule has 86 valence electrons. The second-order valence-corrected chi connectivity index (χ2v) is 6.74. The van der Waals surface area contributed by atoms with Crippen LogP contribution in [0.2, 0.25) is 0 Å². The first-order valence-corrected chi connectivity index (χ1v) is 7.06. The fraction of sp³-hybridized carbons (Fsp3) is 0.273.